The largest absolute Gasteiger partial charge is 0.481 e. The van der Waals surface area contributed by atoms with Crippen LogP contribution in [0, 0.1) is 0 Å². The zero-order valence-electron chi connectivity index (χ0n) is 11.4. The highest BCUT2D eigenvalue weighted by Gasteiger charge is 2.46. The van der Waals surface area contributed by atoms with Gasteiger partial charge in [0.25, 0.3) is 0 Å². The molecule has 0 saturated carbocycles. The molecule has 0 aromatic rings. The first-order chi connectivity index (χ1) is 8.79. The summed E-state index contributed by atoms with van der Waals surface area (Å²) in [4.78, 5) is 23.1. The molecular formula is C10H19O6PS2. The van der Waals surface area contributed by atoms with E-state index in [1.807, 2.05) is 0 Å². The lowest BCUT2D eigenvalue weighted by Gasteiger charge is -2.31. The number of carbonyl (C=O) groups is 2. The second-order valence-corrected chi connectivity index (χ2v) is 10.3. The number of rotatable bonds is 9. The zero-order chi connectivity index (χ0) is 15.1. The summed E-state index contributed by atoms with van der Waals surface area (Å²) in [6.07, 6.45) is -0.133. The van der Waals surface area contributed by atoms with E-state index in [1.165, 1.54) is 14.2 Å². The van der Waals surface area contributed by atoms with Crippen LogP contribution in [0.1, 0.15) is 26.7 Å². The van der Waals surface area contributed by atoms with Crippen molar-refractivity contribution in [3.63, 3.8) is 0 Å². The van der Waals surface area contributed by atoms with Gasteiger partial charge in [-0.1, -0.05) is 18.3 Å². The number of carbonyl (C=O) groups excluding carboxylic acids is 1. The van der Waals surface area contributed by atoms with Crippen molar-refractivity contribution >= 4 is 40.8 Å². The Labute approximate surface area is 122 Å². The Morgan fingerprint density at radius 3 is 2.16 bits per heavy atom. The smallest absolute Gasteiger partial charge is 0.323 e. The van der Waals surface area contributed by atoms with Crippen molar-refractivity contribution in [1.29, 1.82) is 0 Å². The SMILES string of the molecule is CCOC(=O)C(CC)(CC(=O)O)SP(=S)(OC)OC. The Balaban J connectivity index is 5.40. The van der Waals surface area contributed by atoms with Gasteiger partial charge < -0.3 is 18.9 Å². The molecule has 0 spiro atoms. The number of hydrogen-bond acceptors (Lipinski definition) is 7. The maximum absolute atomic E-state index is 12.1. The van der Waals surface area contributed by atoms with Crippen LogP contribution in [0.4, 0.5) is 0 Å². The van der Waals surface area contributed by atoms with Crippen molar-refractivity contribution in [2.45, 2.75) is 31.4 Å². The van der Waals surface area contributed by atoms with Crippen LogP contribution in [0.2, 0.25) is 0 Å². The summed E-state index contributed by atoms with van der Waals surface area (Å²) < 4.78 is 13.9. The van der Waals surface area contributed by atoms with E-state index >= 15 is 0 Å². The highest BCUT2D eigenvalue weighted by atomic mass is 32.9. The van der Waals surface area contributed by atoms with Crippen LogP contribution in [0.15, 0.2) is 0 Å². The zero-order valence-corrected chi connectivity index (χ0v) is 13.9. The summed E-state index contributed by atoms with van der Waals surface area (Å²) in [6.45, 7) is 3.54. The fourth-order valence-corrected chi connectivity index (χ4v) is 6.34. The second-order valence-electron chi connectivity index (χ2n) is 3.54. The summed E-state index contributed by atoms with van der Waals surface area (Å²) in [7, 11) is 2.76. The molecule has 0 aromatic heterocycles. The van der Waals surface area contributed by atoms with E-state index in [-0.39, 0.29) is 13.0 Å². The van der Waals surface area contributed by atoms with Gasteiger partial charge in [0, 0.05) is 14.2 Å². The normalized spacial score (nSPS) is 14.7. The van der Waals surface area contributed by atoms with E-state index in [9.17, 15) is 9.59 Å². The third kappa shape index (κ3) is 5.39. The summed E-state index contributed by atoms with van der Waals surface area (Å²) in [5, 5.41) is 9.02. The first-order valence-corrected chi connectivity index (χ1v) is 9.66. The molecule has 0 fully saturated rings. The molecule has 19 heavy (non-hydrogen) atoms. The molecule has 0 aliphatic rings. The van der Waals surface area contributed by atoms with Crippen molar-refractivity contribution < 1.29 is 28.5 Å². The number of esters is 1. The summed E-state index contributed by atoms with van der Waals surface area (Å²) >= 11 is 6.15. The van der Waals surface area contributed by atoms with Gasteiger partial charge in [0.05, 0.1) is 13.0 Å². The van der Waals surface area contributed by atoms with E-state index in [1.54, 1.807) is 13.8 Å². The minimum Gasteiger partial charge on any atom is -0.481 e. The average molecular weight is 330 g/mol. The molecule has 1 unspecified atom stereocenters. The number of hydrogen-bond donors (Lipinski definition) is 1. The molecule has 1 N–H and O–H groups in total. The van der Waals surface area contributed by atoms with Gasteiger partial charge in [-0.15, -0.1) is 0 Å². The van der Waals surface area contributed by atoms with Gasteiger partial charge in [-0.2, -0.15) is 0 Å². The standard InChI is InChI=1S/C10H19O6PS2/c1-5-10(7-8(11)12,9(13)16-6-2)19-17(18,14-3)15-4/h5-7H2,1-4H3,(H,11,12). The lowest BCUT2D eigenvalue weighted by molar-refractivity contribution is -0.150. The summed E-state index contributed by atoms with van der Waals surface area (Å²) in [5.74, 6) is -1.70. The minimum absolute atomic E-state index is 0.170. The van der Waals surface area contributed by atoms with E-state index < -0.39 is 28.8 Å². The molecule has 112 valence electrons. The van der Waals surface area contributed by atoms with Gasteiger partial charge in [0.2, 0.25) is 5.69 Å². The number of carboxylic acids is 1. The molecule has 0 heterocycles. The van der Waals surface area contributed by atoms with Gasteiger partial charge in [0.15, 0.2) is 0 Å². The van der Waals surface area contributed by atoms with Crippen molar-refractivity contribution in [3.8, 4) is 0 Å². The molecule has 0 saturated heterocycles. The molecule has 6 nitrogen and oxygen atoms in total. The first-order valence-electron chi connectivity index (χ1n) is 5.60. The Morgan fingerprint density at radius 2 is 1.84 bits per heavy atom. The third-order valence-corrected chi connectivity index (χ3v) is 8.64. The fraction of sp³-hybridized carbons (Fsp3) is 0.800. The second kappa shape index (κ2) is 8.21. The van der Waals surface area contributed by atoms with Crippen LogP contribution in [-0.4, -0.2) is 42.6 Å². The van der Waals surface area contributed by atoms with Crippen molar-refractivity contribution in [3.05, 3.63) is 0 Å². The van der Waals surface area contributed by atoms with Crippen LogP contribution in [0.25, 0.3) is 0 Å². The van der Waals surface area contributed by atoms with Gasteiger partial charge in [-0.3, -0.25) is 9.59 Å². The minimum atomic E-state index is -2.77. The molecule has 0 radical (unpaired) electrons. The Bertz CT molecular complexity index is 367. The quantitative estimate of drug-likeness (QED) is 0.510. The Kier molecular flexibility index (Phi) is 8.15. The van der Waals surface area contributed by atoms with Crippen LogP contribution in [0.3, 0.4) is 0 Å². The van der Waals surface area contributed by atoms with Crippen LogP contribution >= 0.6 is 17.1 Å². The third-order valence-electron chi connectivity index (χ3n) is 2.39. The fourth-order valence-electron chi connectivity index (χ4n) is 1.35. The predicted octanol–water partition coefficient (Wildman–Crippen LogP) is 2.42. The van der Waals surface area contributed by atoms with Crippen molar-refractivity contribution in [1.82, 2.24) is 0 Å². The van der Waals surface area contributed by atoms with E-state index in [4.69, 9.17) is 30.7 Å². The highest BCUT2D eigenvalue weighted by molar-refractivity contribution is 8.68. The Hall–Kier alpha value is -0.140. The van der Waals surface area contributed by atoms with Gasteiger partial charge in [-0.25, -0.2) is 0 Å². The monoisotopic (exact) mass is 330 g/mol. The van der Waals surface area contributed by atoms with Crippen molar-refractivity contribution in [2.24, 2.45) is 0 Å². The number of ether oxygens (including phenoxy) is 1. The molecule has 0 aliphatic carbocycles. The van der Waals surface area contributed by atoms with Crippen molar-refractivity contribution in [2.75, 3.05) is 20.8 Å². The van der Waals surface area contributed by atoms with E-state index in [0.717, 1.165) is 11.4 Å². The van der Waals surface area contributed by atoms with Gasteiger partial charge >= 0.3 is 11.9 Å². The molecule has 1 atom stereocenters. The lowest BCUT2D eigenvalue weighted by Crippen LogP contribution is -2.38. The molecule has 0 aromatic carbocycles. The summed E-state index contributed by atoms with van der Waals surface area (Å²) in [5.41, 5.74) is -2.77. The molecular weight excluding hydrogens is 311 g/mol. The van der Waals surface area contributed by atoms with E-state index in [2.05, 4.69) is 0 Å². The molecule has 0 aliphatic heterocycles. The van der Waals surface area contributed by atoms with E-state index in [0.29, 0.717) is 0 Å². The maximum Gasteiger partial charge on any atom is 0.323 e. The lowest BCUT2D eigenvalue weighted by atomic mass is 10.0. The summed E-state index contributed by atoms with van der Waals surface area (Å²) in [6, 6.07) is 0. The molecule has 9 heteroatoms. The highest BCUT2D eigenvalue weighted by Crippen LogP contribution is 2.66. The Morgan fingerprint density at radius 1 is 1.32 bits per heavy atom. The topological polar surface area (TPSA) is 82.1 Å². The van der Waals surface area contributed by atoms with Crippen LogP contribution < -0.4 is 0 Å². The van der Waals surface area contributed by atoms with Gasteiger partial charge in [-0.05, 0) is 25.2 Å². The average Bonchev–Trinajstić information content (AvgIpc) is 2.37. The number of aliphatic carboxylic acids is 1. The molecule has 0 bridgehead atoms. The maximum atomic E-state index is 12.1. The first kappa shape index (κ1) is 18.9. The number of carboxylic acid groups (broad SMARTS) is 1. The predicted molar refractivity (Wildman–Crippen MR) is 77.8 cm³/mol. The molecule has 0 amide bonds. The van der Waals surface area contributed by atoms with Crippen LogP contribution in [0.5, 0.6) is 0 Å². The van der Waals surface area contributed by atoms with Gasteiger partial charge in [0.1, 0.15) is 4.75 Å². The van der Waals surface area contributed by atoms with Crippen LogP contribution in [-0.2, 0) is 35.2 Å². The molecule has 0 rings (SSSR count).